The average molecular weight is 941 g/mol. The number of fused-ring (bicyclic) bond motifs is 2. The number of alkyl halides is 4. The Balaban J connectivity index is 0.992. The van der Waals surface area contributed by atoms with Crippen LogP contribution in [0, 0.1) is 0 Å². The van der Waals surface area contributed by atoms with E-state index >= 15 is 4.39 Å². The van der Waals surface area contributed by atoms with Crippen molar-refractivity contribution in [1.29, 1.82) is 0 Å². The van der Waals surface area contributed by atoms with Crippen LogP contribution in [0.15, 0.2) is 72.9 Å². The third-order valence-electron chi connectivity index (χ3n) is 12.1. The maximum absolute atomic E-state index is 16.6. The predicted octanol–water partition coefficient (Wildman–Crippen LogP) is 8.05. The highest BCUT2D eigenvalue weighted by Crippen LogP contribution is 2.58. The van der Waals surface area contributed by atoms with Crippen LogP contribution in [0.25, 0.3) is 10.1 Å². The van der Waals surface area contributed by atoms with Crippen LogP contribution in [-0.2, 0) is 34.7 Å². The topological polar surface area (TPSA) is 185 Å². The van der Waals surface area contributed by atoms with E-state index in [-0.39, 0.29) is 54.2 Å². The monoisotopic (exact) mass is 940 g/mol. The fourth-order valence-electron chi connectivity index (χ4n) is 8.68. The molecule has 5 heterocycles. The first-order valence-corrected chi connectivity index (χ1v) is 23.8. The Bertz CT molecular complexity index is 2580. The number of thiophene rings is 1. The van der Waals surface area contributed by atoms with Crippen LogP contribution in [0.4, 0.5) is 28.0 Å². The number of aromatic nitrogens is 1. The van der Waals surface area contributed by atoms with Gasteiger partial charge in [-0.05, 0) is 105 Å². The normalized spacial score (nSPS) is 22.5. The van der Waals surface area contributed by atoms with E-state index in [1.54, 1.807) is 24.3 Å². The quantitative estimate of drug-likeness (QED) is 0.0572. The Morgan fingerprint density at radius 1 is 0.985 bits per heavy atom. The number of carbonyl (C=O) groups excluding carboxylic acids is 6. The van der Waals surface area contributed by atoms with Crippen LogP contribution in [0.1, 0.15) is 98.5 Å². The molecule has 21 heteroatoms. The van der Waals surface area contributed by atoms with Crippen LogP contribution in [-0.4, -0.2) is 86.7 Å². The number of carbonyl (C=O) groups is 6. The number of benzene rings is 2. The largest absolute Gasteiger partial charge is 0.465 e. The minimum atomic E-state index is -4.76. The molecule has 3 saturated heterocycles. The van der Waals surface area contributed by atoms with Crippen molar-refractivity contribution in [3.8, 4) is 5.75 Å². The molecule has 6 amide bonds. The van der Waals surface area contributed by atoms with Crippen molar-refractivity contribution in [3.05, 3.63) is 89.1 Å². The summed E-state index contributed by atoms with van der Waals surface area (Å²) in [6.07, 6.45) is -0.506. The van der Waals surface area contributed by atoms with E-state index in [1.807, 2.05) is 6.92 Å². The summed E-state index contributed by atoms with van der Waals surface area (Å²) in [7, 11) is -4.53. The Morgan fingerprint density at radius 3 is 2.40 bits per heavy atom. The van der Waals surface area contributed by atoms with Crippen LogP contribution >= 0.6 is 18.9 Å². The summed E-state index contributed by atoms with van der Waals surface area (Å²) in [5, 5.41) is 5.79. The lowest BCUT2D eigenvalue weighted by atomic mass is 9.99. The van der Waals surface area contributed by atoms with Gasteiger partial charge in [0.15, 0.2) is 0 Å². The van der Waals surface area contributed by atoms with Crippen molar-refractivity contribution < 1.29 is 60.2 Å². The summed E-state index contributed by atoms with van der Waals surface area (Å²) in [6, 6.07) is 10.6. The molecule has 65 heavy (non-hydrogen) atoms. The maximum Gasteiger partial charge on any atom is 0.433 e. The lowest BCUT2D eigenvalue weighted by molar-refractivity contribution is -0.147. The van der Waals surface area contributed by atoms with Gasteiger partial charge >= 0.3 is 25.7 Å². The van der Waals surface area contributed by atoms with Crippen LogP contribution < -0.4 is 19.8 Å². The molecule has 1 saturated carbocycles. The first kappa shape index (κ1) is 45.8. The molecule has 344 valence electrons. The number of imide groups is 2. The van der Waals surface area contributed by atoms with Gasteiger partial charge in [-0.15, -0.1) is 11.3 Å². The van der Waals surface area contributed by atoms with Crippen molar-refractivity contribution in [2.24, 2.45) is 0 Å². The number of hydrogen-bond donors (Lipinski definition) is 2. The fourth-order valence-corrected chi connectivity index (χ4v) is 11.5. The second-order valence-electron chi connectivity index (χ2n) is 16.6. The minimum absolute atomic E-state index is 0.0561. The van der Waals surface area contributed by atoms with Crippen molar-refractivity contribution in [2.75, 3.05) is 11.5 Å². The Kier molecular flexibility index (Phi) is 12.6. The molecular weight excluding hydrogens is 896 g/mol. The molecule has 4 fully saturated rings. The summed E-state index contributed by atoms with van der Waals surface area (Å²) < 4.78 is 82.0. The number of rotatable bonds is 13. The lowest BCUT2D eigenvalue weighted by Crippen LogP contribution is -2.58. The molecule has 15 nitrogen and oxygen atoms in total. The Morgan fingerprint density at radius 2 is 1.72 bits per heavy atom. The number of halogens is 4. The van der Waals surface area contributed by atoms with Gasteiger partial charge < -0.3 is 19.5 Å². The summed E-state index contributed by atoms with van der Waals surface area (Å²) in [4.78, 5) is 89.4. The molecular formula is C44H45F4N6O9PS. The van der Waals surface area contributed by atoms with Crippen LogP contribution in [0.3, 0.4) is 0 Å². The molecule has 2 aromatic carbocycles. The van der Waals surface area contributed by atoms with Crippen LogP contribution in [0.2, 0.25) is 0 Å². The van der Waals surface area contributed by atoms with Gasteiger partial charge in [-0.2, -0.15) is 13.2 Å². The van der Waals surface area contributed by atoms with E-state index in [9.17, 15) is 46.5 Å². The Labute approximate surface area is 374 Å². The maximum atomic E-state index is 16.6. The number of nitrogens with zero attached hydrogens (tertiary/aromatic N) is 4. The number of urea groups is 1. The first-order chi connectivity index (χ1) is 31.0. The third kappa shape index (κ3) is 8.87. The molecule has 1 spiro atoms. The number of ether oxygens (including phenoxy) is 1. The molecule has 0 bridgehead atoms. The minimum Gasteiger partial charge on any atom is -0.465 e. The van der Waals surface area contributed by atoms with Gasteiger partial charge in [0.2, 0.25) is 11.8 Å². The number of nitrogens with one attached hydrogen (secondary N) is 2. The molecule has 3 aliphatic heterocycles. The van der Waals surface area contributed by atoms with E-state index in [1.165, 1.54) is 42.2 Å². The number of pyridine rings is 1. The molecule has 1 aliphatic carbocycles. The highest BCUT2D eigenvalue weighted by Gasteiger charge is 2.68. The number of esters is 1. The van der Waals surface area contributed by atoms with Crippen molar-refractivity contribution >= 4 is 70.3 Å². The van der Waals surface area contributed by atoms with Gasteiger partial charge in [0.1, 0.15) is 35.1 Å². The van der Waals surface area contributed by atoms with Crippen LogP contribution in [0.5, 0.6) is 5.75 Å². The molecule has 2 unspecified atom stereocenters. The summed E-state index contributed by atoms with van der Waals surface area (Å²) in [5.41, 5.74) is -3.03. The smallest absolute Gasteiger partial charge is 0.433 e. The molecule has 2 aromatic heterocycles. The fraction of sp³-hybridized carbons (Fsp3) is 0.432. The third-order valence-corrected chi connectivity index (χ3v) is 15.3. The number of hydrogen-bond acceptors (Lipinski definition) is 11. The van der Waals surface area contributed by atoms with Gasteiger partial charge in [-0.25, -0.2) is 29.1 Å². The SMILES string of the molecule is CCCOC(=O)[C@H](C)NP(=O)(Oc1ccccc1)[C@@H](F)c1ccc2sc(C(=O)NC3CCCC[C@H]4CC[C@@H](C(=O)N5C(=O)N(c6ccc(C(F)(F)F)nc6)C(=O)C56CC6)N4C3=O)cc2c1. The molecule has 4 aromatic rings. The van der Waals surface area contributed by atoms with Crippen molar-refractivity contribution in [3.63, 3.8) is 0 Å². The molecule has 8 rings (SSSR count). The molecule has 0 radical (unpaired) electrons. The van der Waals surface area contributed by atoms with E-state index in [4.69, 9.17) is 9.26 Å². The van der Waals surface area contributed by atoms with Crippen molar-refractivity contribution in [1.82, 2.24) is 25.2 Å². The van der Waals surface area contributed by atoms with Crippen molar-refractivity contribution in [2.45, 2.75) is 113 Å². The summed E-state index contributed by atoms with van der Waals surface area (Å²) in [5.74, 6) is -5.60. The highest BCUT2D eigenvalue weighted by atomic mass is 32.1. The number of para-hydroxylation sites is 1. The second-order valence-corrected chi connectivity index (χ2v) is 19.8. The Hall–Kier alpha value is -5.72. The highest BCUT2D eigenvalue weighted by molar-refractivity contribution is 7.57. The molecule has 6 atom stereocenters. The number of amides is 6. The average Bonchev–Trinajstić information content (AvgIpc) is 3.68. The summed E-state index contributed by atoms with van der Waals surface area (Å²) in [6.45, 7) is 3.32. The van der Waals surface area contributed by atoms with E-state index in [0.29, 0.717) is 53.2 Å². The zero-order chi connectivity index (χ0) is 46.4. The number of anilines is 1. The standard InChI is InChI=1S/C44H45F4N6O9PS/c1-3-21-62-40(58)25(2)51-64(61,63-30-10-5-4-6-11-30)36(45)26-13-17-33-27(22-26)23-34(65-33)37(55)50-31-12-8-7-9-28-14-16-32(52(28)38(31)56)39(57)54-42(60)53(41(59)43(54)19-20-43)29-15-18-35(49-24-29)44(46,47)48/h4-6,10-11,13,15,17-18,22-25,28,31-32,36H,3,7-9,12,14,16,19-21H2,1-2H3,(H,50,55)(H,51,61)/t25-,28-,31?,32-,36+,64?/m0/s1. The second kappa shape index (κ2) is 17.9. The molecule has 2 N–H and O–H groups in total. The summed E-state index contributed by atoms with van der Waals surface area (Å²) >= 11 is 1.07. The lowest BCUT2D eigenvalue weighted by Gasteiger charge is -2.36. The van der Waals surface area contributed by atoms with E-state index < -0.39 is 90.6 Å². The predicted molar refractivity (Wildman–Crippen MR) is 229 cm³/mol. The van der Waals surface area contributed by atoms with Gasteiger partial charge in [0.25, 0.3) is 17.7 Å². The zero-order valence-corrected chi connectivity index (χ0v) is 36.9. The van der Waals surface area contributed by atoms with E-state index in [0.717, 1.165) is 28.5 Å². The van der Waals surface area contributed by atoms with Gasteiger partial charge in [-0.1, -0.05) is 44.0 Å². The van der Waals surface area contributed by atoms with Gasteiger partial charge in [-0.3, -0.25) is 28.5 Å². The first-order valence-electron chi connectivity index (χ1n) is 21.3. The van der Waals surface area contributed by atoms with E-state index in [2.05, 4.69) is 15.4 Å². The van der Waals surface area contributed by atoms with Gasteiger partial charge in [0.05, 0.1) is 23.4 Å². The zero-order valence-electron chi connectivity index (χ0n) is 35.2. The molecule has 4 aliphatic rings. The van der Waals surface area contributed by atoms with Gasteiger partial charge in [0, 0.05) is 10.7 Å².